The predicted octanol–water partition coefficient (Wildman–Crippen LogP) is 2.59. The van der Waals surface area contributed by atoms with Gasteiger partial charge in [0.05, 0.1) is 12.2 Å². The Bertz CT molecular complexity index is 506. The molecule has 0 fully saturated rings. The predicted molar refractivity (Wildman–Crippen MR) is 70.4 cm³/mol. The highest BCUT2D eigenvalue weighted by molar-refractivity contribution is 7.05. The van der Waals surface area contributed by atoms with Crippen molar-refractivity contribution in [3.8, 4) is 0 Å². The molecule has 2 aromatic heterocycles. The molecule has 0 unspecified atom stereocenters. The lowest BCUT2D eigenvalue weighted by molar-refractivity contribution is 0.301. The molecule has 0 amide bonds. The molecule has 0 aliphatic heterocycles. The molecule has 6 heteroatoms. The van der Waals surface area contributed by atoms with Gasteiger partial charge in [0.2, 0.25) is 0 Å². The normalized spacial score (nSPS) is 11.7. The summed E-state index contributed by atoms with van der Waals surface area (Å²) in [6.07, 6.45) is 0. The van der Waals surface area contributed by atoms with Crippen LogP contribution in [0.15, 0.2) is 10.6 Å². The van der Waals surface area contributed by atoms with Gasteiger partial charge in [0.1, 0.15) is 16.6 Å². The highest BCUT2D eigenvalue weighted by Crippen LogP contribution is 2.15. The van der Waals surface area contributed by atoms with Crippen molar-refractivity contribution in [2.75, 3.05) is 7.05 Å². The highest BCUT2D eigenvalue weighted by Gasteiger charge is 2.11. The van der Waals surface area contributed by atoms with Gasteiger partial charge in [0.15, 0.2) is 0 Å². The Morgan fingerprint density at radius 1 is 1.39 bits per heavy atom. The number of aromatic nitrogens is 3. The van der Waals surface area contributed by atoms with Gasteiger partial charge >= 0.3 is 0 Å². The minimum absolute atomic E-state index is 0.387. The van der Waals surface area contributed by atoms with Crippen molar-refractivity contribution in [3.05, 3.63) is 28.4 Å². The lowest BCUT2D eigenvalue weighted by Gasteiger charge is -2.12. The molecule has 18 heavy (non-hydrogen) atoms. The maximum Gasteiger partial charge on any atom is 0.145 e. The molecule has 2 aromatic rings. The third kappa shape index (κ3) is 3.36. The Morgan fingerprint density at radius 3 is 2.72 bits per heavy atom. The van der Waals surface area contributed by atoms with Crippen LogP contribution < -0.4 is 0 Å². The Kier molecular flexibility index (Phi) is 4.08. The molecule has 0 aromatic carbocycles. The minimum atomic E-state index is 0.387. The molecule has 5 nitrogen and oxygen atoms in total. The average Bonchev–Trinajstić information content (AvgIpc) is 2.88. The van der Waals surface area contributed by atoms with Gasteiger partial charge in [-0.3, -0.25) is 4.90 Å². The zero-order valence-electron chi connectivity index (χ0n) is 11.2. The average molecular weight is 266 g/mol. The van der Waals surface area contributed by atoms with Crippen LogP contribution in [0.5, 0.6) is 0 Å². The molecule has 0 bridgehead atoms. The summed E-state index contributed by atoms with van der Waals surface area (Å²) < 4.78 is 9.40. The van der Waals surface area contributed by atoms with E-state index in [1.165, 1.54) is 11.5 Å². The quantitative estimate of drug-likeness (QED) is 0.832. The molecule has 0 N–H and O–H groups in total. The van der Waals surface area contributed by atoms with Gasteiger partial charge in [-0.2, -0.15) is 4.37 Å². The third-order valence-electron chi connectivity index (χ3n) is 2.51. The number of nitrogens with zero attached hydrogens (tertiary/aromatic N) is 4. The van der Waals surface area contributed by atoms with E-state index in [1.807, 2.05) is 20.0 Å². The number of rotatable bonds is 5. The maximum atomic E-state index is 5.05. The standard InChI is InChI=1S/C12H18N4OS/c1-8(2)12-13-11(18-15-12)7-16(4)6-10-5-9(3)17-14-10/h5,8H,6-7H2,1-4H3. The van der Waals surface area contributed by atoms with Crippen LogP contribution in [0.3, 0.4) is 0 Å². The summed E-state index contributed by atoms with van der Waals surface area (Å²) in [7, 11) is 2.04. The zero-order valence-corrected chi connectivity index (χ0v) is 12.0. The van der Waals surface area contributed by atoms with E-state index in [2.05, 4.69) is 33.3 Å². The monoisotopic (exact) mass is 266 g/mol. The molecule has 0 atom stereocenters. The smallest absolute Gasteiger partial charge is 0.145 e. The zero-order chi connectivity index (χ0) is 13.1. The fraction of sp³-hybridized carbons (Fsp3) is 0.583. The maximum absolute atomic E-state index is 5.05. The van der Waals surface area contributed by atoms with E-state index >= 15 is 0 Å². The summed E-state index contributed by atoms with van der Waals surface area (Å²) in [5.41, 5.74) is 0.948. The van der Waals surface area contributed by atoms with Crippen molar-refractivity contribution in [1.82, 2.24) is 19.4 Å². The van der Waals surface area contributed by atoms with Crippen LogP contribution in [-0.2, 0) is 13.1 Å². The molecular formula is C12H18N4OS. The topological polar surface area (TPSA) is 55.1 Å². The van der Waals surface area contributed by atoms with Crippen LogP contribution in [0, 0.1) is 6.92 Å². The summed E-state index contributed by atoms with van der Waals surface area (Å²) in [5, 5.41) is 5.02. The summed E-state index contributed by atoms with van der Waals surface area (Å²) in [5.74, 6) is 2.16. The molecule has 98 valence electrons. The van der Waals surface area contributed by atoms with Crippen LogP contribution in [0.4, 0.5) is 0 Å². The lowest BCUT2D eigenvalue weighted by Crippen LogP contribution is -2.17. The second-order valence-corrected chi connectivity index (χ2v) is 5.64. The largest absolute Gasteiger partial charge is 0.361 e. The van der Waals surface area contributed by atoms with E-state index in [0.717, 1.165) is 35.4 Å². The van der Waals surface area contributed by atoms with Gasteiger partial charge in [-0.1, -0.05) is 19.0 Å². The summed E-state index contributed by atoms with van der Waals surface area (Å²) in [6.45, 7) is 7.65. The minimum Gasteiger partial charge on any atom is -0.361 e. The summed E-state index contributed by atoms with van der Waals surface area (Å²) >= 11 is 1.48. The van der Waals surface area contributed by atoms with Crippen LogP contribution in [0.2, 0.25) is 0 Å². The van der Waals surface area contributed by atoms with Crippen molar-refractivity contribution in [1.29, 1.82) is 0 Å². The van der Waals surface area contributed by atoms with Crippen LogP contribution in [0.25, 0.3) is 0 Å². The third-order valence-corrected chi connectivity index (χ3v) is 3.22. The van der Waals surface area contributed by atoms with Crippen molar-refractivity contribution in [2.45, 2.75) is 39.8 Å². The van der Waals surface area contributed by atoms with Crippen LogP contribution >= 0.6 is 11.5 Å². The Hall–Kier alpha value is -1.27. The summed E-state index contributed by atoms with van der Waals surface area (Å²) in [6, 6.07) is 1.95. The van der Waals surface area contributed by atoms with Crippen LogP contribution in [0.1, 0.15) is 42.1 Å². The number of hydrogen-bond donors (Lipinski definition) is 0. The van der Waals surface area contributed by atoms with Gasteiger partial charge in [-0.15, -0.1) is 0 Å². The molecule has 0 spiro atoms. The van der Waals surface area contributed by atoms with Gasteiger partial charge in [-0.25, -0.2) is 4.98 Å². The number of aryl methyl sites for hydroxylation is 1. The molecule has 0 saturated heterocycles. The lowest BCUT2D eigenvalue weighted by atomic mass is 10.2. The van der Waals surface area contributed by atoms with Gasteiger partial charge < -0.3 is 4.52 Å². The van der Waals surface area contributed by atoms with E-state index in [1.54, 1.807) is 0 Å². The molecule has 2 heterocycles. The van der Waals surface area contributed by atoms with Crippen molar-refractivity contribution >= 4 is 11.5 Å². The van der Waals surface area contributed by atoms with E-state index in [9.17, 15) is 0 Å². The Balaban J connectivity index is 1.92. The van der Waals surface area contributed by atoms with Crippen LogP contribution in [-0.4, -0.2) is 26.5 Å². The Labute approximate surface area is 111 Å². The molecule has 0 aliphatic rings. The summed E-state index contributed by atoms with van der Waals surface area (Å²) in [4.78, 5) is 6.67. The first-order chi connectivity index (χ1) is 8.54. The van der Waals surface area contributed by atoms with E-state index in [0.29, 0.717) is 5.92 Å². The molecular weight excluding hydrogens is 248 g/mol. The SMILES string of the molecule is Cc1cc(CN(C)Cc2nc(C(C)C)ns2)no1. The first-order valence-corrected chi connectivity index (χ1v) is 6.75. The molecule has 2 rings (SSSR count). The van der Waals surface area contributed by atoms with Crippen molar-refractivity contribution in [2.24, 2.45) is 0 Å². The van der Waals surface area contributed by atoms with E-state index < -0.39 is 0 Å². The van der Waals surface area contributed by atoms with E-state index in [4.69, 9.17) is 4.52 Å². The fourth-order valence-electron chi connectivity index (χ4n) is 1.62. The fourth-order valence-corrected chi connectivity index (χ4v) is 2.49. The van der Waals surface area contributed by atoms with Crippen molar-refractivity contribution < 1.29 is 4.52 Å². The van der Waals surface area contributed by atoms with Crippen molar-refractivity contribution in [3.63, 3.8) is 0 Å². The first-order valence-electron chi connectivity index (χ1n) is 5.98. The first kappa shape index (κ1) is 13.2. The second kappa shape index (κ2) is 5.58. The molecule has 0 aliphatic carbocycles. The molecule has 0 radical (unpaired) electrons. The molecule has 0 saturated carbocycles. The van der Waals surface area contributed by atoms with Gasteiger partial charge in [-0.05, 0) is 25.5 Å². The van der Waals surface area contributed by atoms with E-state index in [-0.39, 0.29) is 0 Å². The van der Waals surface area contributed by atoms with Gasteiger partial charge in [0.25, 0.3) is 0 Å². The number of hydrogen-bond acceptors (Lipinski definition) is 6. The second-order valence-electron chi connectivity index (χ2n) is 4.80. The highest BCUT2D eigenvalue weighted by atomic mass is 32.1. The van der Waals surface area contributed by atoms with Gasteiger partial charge in [0, 0.05) is 18.5 Å². The Morgan fingerprint density at radius 2 is 2.17 bits per heavy atom.